The molecule has 1 aromatic carbocycles. The van der Waals surface area contributed by atoms with Crippen molar-refractivity contribution >= 4 is 0 Å². The van der Waals surface area contributed by atoms with Crippen LogP contribution in [0.2, 0.25) is 0 Å². The first-order valence-electron chi connectivity index (χ1n) is 8.62. The van der Waals surface area contributed by atoms with Crippen molar-refractivity contribution in [3.8, 4) is 11.5 Å². The largest absolute Gasteiger partial charge is 0.504 e. The van der Waals surface area contributed by atoms with Gasteiger partial charge in [-0.2, -0.15) is 0 Å². The number of rotatable bonds is 1. The van der Waals surface area contributed by atoms with E-state index in [9.17, 15) is 5.11 Å². The van der Waals surface area contributed by atoms with Gasteiger partial charge in [0.1, 0.15) is 0 Å². The first-order valence-corrected chi connectivity index (χ1v) is 8.62. The molecule has 0 saturated heterocycles. The van der Waals surface area contributed by atoms with E-state index in [1.54, 1.807) is 7.11 Å². The summed E-state index contributed by atoms with van der Waals surface area (Å²) in [6.07, 6.45) is 7.40. The molecule has 1 N–H and O–H groups in total. The SMILES string of the molecule is C=C1CC[C@H]2[C@@H]3CCc4cc(O)c(OC)cc4[C@H]3CC[C@]12C. The van der Waals surface area contributed by atoms with Crippen molar-refractivity contribution in [1.29, 1.82) is 0 Å². The molecular weight excluding hydrogens is 272 g/mol. The van der Waals surface area contributed by atoms with Crippen molar-refractivity contribution in [2.75, 3.05) is 7.11 Å². The fourth-order valence-electron chi connectivity index (χ4n) is 5.66. The molecule has 118 valence electrons. The van der Waals surface area contributed by atoms with Crippen LogP contribution in [0.5, 0.6) is 11.5 Å². The Balaban J connectivity index is 1.74. The summed E-state index contributed by atoms with van der Waals surface area (Å²) in [4.78, 5) is 0. The zero-order valence-corrected chi connectivity index (χ0v) is 13.7. The maximum absolute atomic E-state index is 10.1. The number of ether oxygens (including phenoxy) is 1. The van der Waals surface area contributed by atoms with Crippen LogP contribution in [0.4, 0.5) is 0 Å². The van der Waals surface area contributed by atoms with E-state index in [0.717, 1.165) is 18.3 Å². The molecule has 0 heterocycles. The minimum absolute atomic E-state index is 0.287. The van der Waals surface area contributed by atoms with Gasteiger partial charge in [-0.1, -0.05) is 19.1 Å². The van der Waals surface area contributed by atoms with E-state index in [1.807, 2.05) is 6.07 Å². The molecule has 2 fully saturated rings. The highest BCUT2D eigenvalue weighted by Gasteiger charge is 2.51. The van der Waals surface area contributed by atoms with Gasteiger partial charge in [0.15, 0.2) is 11.5 Å². The second kappa shape index (κ2) is 4.78. The molecule has 0 spiro atoms. The van der Waals surface area contributed by atoms with Crippen molar-refractivity contribution in [2.24, 2.45) is 17.3 Å². The third kappa shape index (κ3) is 1.79. The van der Waals surface area contributed by atoms with Crippen LogP contribution >= 0.6 is 0 Å². The number of hydrogen-bond acceptors (Lipinski definition) is 2. The average molecular weight is 298 g/mol. The van der Waals surface area contributed by atoms with Crippen molar-refractivity contribution in [3.63, 3.8) is 0 Å². The third-order valence-corrected chi connectivity index (χ3v) is 6.98. The predicted molar refractivity (Wildman–Crippen MR) is 88.4 cm³/mol. The molecule has 22 heavy (non-hydrogen) atoms. The number of phenols is 1. The normalized spacial score (nSPS) is 36.5. The predicted octanol–water partition coefficient (Wildman–Crippen LogP) is 4.81. The van der Waals surface area contributed by atoms with E-state index in [-0.39, 0.29) is 5.75 Å². The molecule has 4 rings (SSSR count). The molecule has 2 nitrogen and oxygen atoms in total. The van der Waals surface area contributed by atoms with Crippen LogP contribution in [0.3, 0.4) is 0 Å². The lowest BCUT2D eigenvalue weighted by atomic mass is 9.55. The molecule has 0 bridgehead atoms. The van der Waals surface area contributed by atoms with Crippen LogP contribution in [-0.4, -0.2) is 12.2 Å². The van der Waals surface area contributed by atoms with Crippen molar-refractivity contribution < 1.29 is 9.84 Å². The van der Waals surface area contributed by atoms with E-state index >= 15 is 0 Å². The number of aromatic hydroxyl groups is 1. The minimum Gasteiger partial charge on any atom is -0.504 e. The van der Waals surface area contributed by atoms with Gasteiger partial charge in [0.25, 0.3) is 0 Å². The van der Waals surface area contributed by atoms with E-state index in [4.69, 9.17) is 4.74 Å². The number of allylic oxidation sites excluding steroid dienone is 1. The Kier molecular flexibility index (Phi) is 3.08. The Labute approximate surface area is 133 Å². The van der Waals surface area contributed by atoms with Gasteiger partial charge >= 0.3 is 0 Å². The van der Waals surface area contributed by atoms with Crippen LogP contribution in [0, 0.1) is 17.3 Å². The summed E-state index contributed by atoms with van der Waals surface area (Å²) in [5.74, 6) is 3.13. The molecule has 0 unspecified atom stereocenters. The lowest BCUT2D eigenvalue weighted by Gasteiger charge is -2.49. The first-order chi connectivity index (χ1) is 10.5. The van der Waals surface area contributed by atoms with Crippen molar-refractivity contribution in [1.82, 2.24) is 0 Å². The molecule has 3 aliphatic rings. The molecule has 0 radical (unpaired) electrons. The number of methoxy groups -OCH3 is 1. The molecule has 3 aliphatic carbocycles. The molecule has 0 amide bonds. The second-order valence-corrected chi connectivity index (χ2v) is 7.74. The molecule has 2 saturated carbocycles. The minimum atomic E-state index is 0.287. The van der Waals surface area contributed by atoms with Gasteiger partial charge in [-0.25, -0.2) is 0 Å². The maximum atomic E-state index is 10.1. The first kappa shape index (κ1) is 14.2. The van der Waals surface area contributed by atoms with E-state index in [0.29, 0.717) is 17.1 Å². The molecule has 4 atom stereocenters. The number of aryl methyl sites for hydroxylation is 1. The number of benzene rings is 1. The van der Waals surface area contributed by atoms with Crippen LogP contribution in [0.25, 0.3) is 0 Å². The standard InChI is InChI=1S/C20H26O2/c1-12-4-7-17-15-6-5-13-10-18(21)19(22-3)11-16(13)14(15)8-9-20(12,17)2/h10-11,14-15,17,21H,1,4-9H2,2-3H3/t14-,15+,17-,20+/m0/s1. The summed E-state index contributed by atoms with van der Waals surface area (Å²) in [7, 11) is 1.64. The van der Waals surface area contributed by atoms with E-state index in [2.05, 4.69) is 19.6 Å². The average Bonchev–Trinajstić information content (AvgIpc) is 2.82. The van der Waals surface area contributed by atoms with Crippen LogP contribution in [0.15, 0.2) is 24.3 Å². The topological polar surface area (TPSA) is 29.5 Å². The number of phenolic OH excluding ortho intramolecular Hbond substituents is 1. The fourth-order valence-corrected chi connectivity index (χ4v) is 5.66. The Bertz CT molecular complexity index is 633. The summed E-state index contributed by atoms with van der Waals surface area (Å²) in [5.41, 5.74) is 4.63. The highest BCUT2D eigenvalue weighted by Crippen LogP contribution is 2.62. The third-order valence-electron chi connectivity index (χ3n) is 6.98. The Morgan fingerprint density at radius 1 is 1.23 bits per heavy atom. The molecular formula is C20H26O2. The summed E-state index contributed by atoms with van der Waals surface area (Å²) in [6, 6.07) is 4.04. The summed E-state index contributed by atoms with van der Waals surface area (Å²) >= 11 is 0. The van der Waals surface area contributed by atoms with Crippen LogP contribution in [0.1, 0.15) is 56.1 Å². The van der Waals surface area contributed by atoms with Gasteiger partial charge in [0, 0.05) is 0 Å². The van der Waals surface area contributed by atoms with Crippen LogP contribution < -0.4 is 4.74 Å². The number of fused-ring (bicyclic) bond motifs is 5. The number of hydrogen-bond donors (Lipinski definition) is 1. The quantitative estimate of drug-likeness (QED) is 0.754. The van der Waals surface area contributed by atoms with Gasteiger partial charge < -0.3 is 9.84 Å². The second-order valence-electron chi connectivity index (χ2n) is 7.74. The molecule has 1 aromatic rings. The van der Waals surface area contributed by atoms with Crippen LogP contribution in [-0.2, 0) is 6.42 Å². The monoisotopic (exact) mass is 298 g/mol. The lowest BCUT2D eigenvalue weighted by molar-refractivity contribution is 0.0815. The van der Waals surface area contributed by atoms with Gasteiger partial charge in [0.05, 0.1) is 7.11 Å². The van der Waals surface area contributed by atoms with Gasteiger partial charge in [0.2, 0.25) is 0 Å². The van der Waals surface area contributed by atoms with E-state index < -0.39 is 0 Å². The van der Waals surface area contributed by atoms with Gasteiger partial charge in [-0.3, -0.25) is 0 Å². The molecule has 2 heteroatoms. The van der Waals surface area contributed by atoms with Crippen molar-refractivity contribution in [2.45, 2.75) is 51.4 Å². The fraction of sp³-hybridized carbons (Fsp3) is 0.600. The highest BCUT2D eigenvalue weighted by molar-refractivity contribution is 5.49. The zero-order chi connectivity index (χ0) is 15.5. The summed E-state index contributed by atoms with van der Waals surface area (Å²) in [5, 5.41) is 10.1. The smallest absolute Gasteiger partial charge is 0.160 e. The van der Waals surface area contributed by atoms with E-state index in [1.165, 1.54) is 48.8 Å². The van der Waals surface area contributed by atoms with Gasteiger partial charge in [-0.05, 0) is 85.0 Å². The Hall–Kier alpha value is -1.44. The zero-order valence-electron chi connectivity index (χ0n) is 13.7. The Morgan fingerprint density at radius 2 is 2.05 bits per heavy atom. The summed E-state index contributed by atoms with van der Waals surface area (Å²) < 4.78 is 5.35. The molecule has 0 aromatic heterocycles. The van der Waals surface area contributed by atoms with Gasteiger partial charge in [-0.15, -0.1) is 0 Å². The maximum Gasteiger partial charge on any atom is 0.160 e. The lowest BCUT2D eigenvalue weighted by Crippen LogP contribution is -2.40. The van der Waals surface area contributed by atoms with Crippen molar-refractivity contribution in [3.05, 3.63) is 35.4 Å². The highest BCUT2D eigenvalue weighted by atomic mass is 16.5. The Morgan fingerprint density at radius 3 is 2.82 bits per heavy atom. The summed E-state index contributed by atoms with van der Waals surface area (Å²) in [6.45, 7) is 6.83. The molecule has 0 aliphatic heterocycles.